The Hall–Kier alpha value is -2.44. The van der Waals surface area contributed by atoms with Crippen LogP contribution in [-0.4, -0.2) is 27.0 Å². The summed E-state index contributed by atoms with van der Waals surface area (Å²) in [5.41, 5.74) is 6.23. The zero-order valence-electron chi connectivity index (χ0n) is 8.58. The van der Waals surface area contributed by atoms with E-state index in [0.29, 0.717) is 17.4 Å². The second-order valence-corrected chi connectivity index (χ2v) is 2.91. The number of nitrogen functional groups attached to an aromatic ring is 1. The predicted octanol–water partition coefficient (Wildman–Crippen LogP) is 0.601. The third-order valence-corrected chi connectivity index (χ3v) is 1.76. The van der Waals surface area contributed by atoms with E-state index in [1.165, 1.54) is 13.4 Å². The zero-order chi connectivity index (χ0) is 11.4. The van der Waals surface area contributed by atoms with Crippen LogP contribution < -0.4 is 15.8 Å². The number of ether oxygens (including phenoxy) is 1. The van der Waals surface area contributed by atoms with Gasteiger partial charge in [-0.2, -0.15) is 9.97 Å². The molecule has 2 aromatic heterocycles. The highest BCUT2D eigenvalue weighted by Crippen LogP contribution is 2.17. The second kappa shape index (κ2) is 4.39. The number of aromatic nitrogens is 4. The Balaban J connectivity index is 2.24. The van der Waals surface area contributed by atoms with Crippen LogP contribution in [0.5, 0.6) is 5.88 Å². The van der Waals surface area contributed by atoms with Crippen molar-refractivity contribution in [3.05, 3.63) is 24.8 Å². The number of anilines is 3. The van der Waals surface area contributed by atoms with E-state index in [1.54, 1.807) is 18.5 Å². The van der Waals surface area contributed by atoms with Crippen molar-refractivity contribution in [3.63, 3.8) is 0 Å². The van der Waals surface area contributed by atoms with Crippen LogP contribution in [0.4, 0.5) is 17.5 Å². The van der Waals surface area contributed by atoms with Gasteiger partial charge in [0.25, 0.3) is 0 Å². The standard InChI is InChI=1S/C9H10N6O/c1-16-8-2-7(14-9(10)15-8)13-6-3-11-5-12-4-6/h2-5H,1H3,(H3,10,13,14,15). The molecule has 0 aliphatic heterocycles. The fourth-order valence-corrected chi connectivity index (χ4v) is 1.12. The first-order valence-electron chi connectivity index (χ1n) is 4.48. The van der Waals surface area contributed by atoms with Crippen LogP contribution in [0.3, 0.4) is 0 Å². The molecule has 0 aromatic carbocycles. The SMILES string of the molecule is COc1cc(Nc2cncnc2)nc(N)n1. The van der Waals surface area contributed by atoms with E-state index < -0.39 is 0 Å². The van der Waals surface area contributed by atoms with Crippen LogP contribution in [0.25, 0.3) is 0 Å². The van der Waals surface area contributed by atoms with Gasteiger partial charge in [-0.05, 0) is 0 Å². The lowest BCUT2D eigenvalue weighted by atomic mass is 10.5. The number of nitrogens with two attached hydrogens (primary N) is 1. The highest BCUT2D eigenvalue weighted by molar-refractivity contribution is 5.55. The normalized spacial score (nSPS) is 9.81. The molecule has 7 heteroatoms. The Labute approximate surface area is 91.7 Å². The first-order valence-corrected chi connectivity index (χ1v) is 4.48. The lowest BCUT2D eigenvalue weighted by Crippen LogP contribution is -2.02. The fraction of sp³-hybridized carbons (Fsp3) is 0.111. The molecule has 0 atom stereocenters. The molecule has 82 valence electrons. The van der Waals surface area contributed by atoms with Crippen molar-refractivity contribution in [2.24, 2.45) is 0 Å². The topological polar surface area (TPSA) is 98.8 Å². The Morgan fingerprint density at radius 1 is 1.25 bits per heavy atom. The fourth-order valence-electron chi connectivity index (χ4n) is 1.12. The van der Waals surface area contributed by atoms with Gasteiger partial charge in [-0.3, -0.25) is 0 Å². The molecule has 0 radical (unpaired) electrons. The summed E-state index contributed by atoms with van der Waals surface area (Å²) in [6, 6.07) is 1.63. The minimum Gasteiger partial charge on any atom is -0.481 e. The second-order valence-electron chi connectivity index (χ2n) is 2.91. The summed E-state index contributed by atoms with van der Waals surface area (Å²) in [5.74, 6) is 1.06. The molecule has 7 nitrogen and oxygen atoms in total. The lowest BCUT2D eigenvalue weighted by Gasteiger charge is -2.06. The van der Waals surface area contributed by atoms with Crippen molar-refractivity contribution in [2.75, 3.05) is 18.2 Å². The lowest BCUT2D eigenvalue weighted by molar-refractivity contribution is 0.398. The maximum absolute atomic E-state index is 5.52. The molecule has 16 heavy (non-hydrogen) atoms. The Morgan fingerprint density at radius 2 is 2.00 bits per heavy atom. The van der Waals surface area contributed by atoms with Crippen molar-refractivity contribution >= 4 is 17.5 Å². The van der Waals surface area contributed by atoms with Gasteiger partial charge in [0.15, 0.2) is 0 Å². The molecular weight excluding hydrogens is 208 g/mol. The van der Waals surface area contributed by atoms with Gasteiger partial charge in [0.2, 0.25) is 11.8 Å². The number of rotatable bonds is 3. The highest BCUT2D eigenvalue weighted by Gasteiger charge is 2.02. The van der Waals surface area contributed by atoms with Crippen LogP contribution in [0, 0.1) is 0 Å². The predicted molar refractivity (Wildman–Crippen MR) is 58.3 cm³/mol. The molecule has 3 N–H and O–H groups in total. The van der Waals surface area contributed by atoms with E-state index in [4.69, 9.17) is 10.5 Å². The summed E-state index contributed by atoms with van der Waals surface area (Å²) in [6.07, 6.45) is 4.69. The van der Waals surface area contributed by atoms with E-state index in [2.05, 4.69) is 25.3 Å². The number of nitrogens with one attached hydrogen (secondary N) is 1. The maximum atomic E-state index is 5.52. The minimum absolute atomic E-state index is 0.138. The van der Waals surface area contributed by atoms with Crippen molar-refractivity contribution in [1.82, 2.24) is 19.9 Å². The summed E-state index contributed by atoms with van der Waals surface area (Å²) >= 11 is 0. The van der Waals surface area contributed by atoms with E-state index >= 15 is 0 Å². The van der Waals surface area contributed by atoms with Gasteiger partial charge in [-0.15, -0.1) is 0 Å². The molecule has 0 unspecified atom stereocenters. The number of hydrogen-bond acceptors (Lipinski definition) is 7. The van der Waals surface area contributed by atoms with Crippen LogP contribution in [-0.2, 0) is 0 Å². The van der Waals surface area contributed by atoms with Crippen molar-refractivity contribution in [2.45, 2.75) is 0 Å². The Kier molecular flexibility index (Phi) is 2.77. The summed E-state index contributed by atoms with van der Waals surface area (Å²) in [5, 5.41) is 2.98. The van der Waals surface area contributed by atoms with E-state index in [1.807, 2.05) is 0 Å². The highest BCUT2D eigenvalue weighted by atomic mass is 16.5. The largest absolute Gasteiger partial charge is 0.481 e. The summed E-state index contributed by atoms with van der Waals surface area (Å²) in [6.45, 7) is 0. The molecule has 0 spiro atoms. The summed E-state index contributed by atoms with van der Waals surface area (Å²) in [7, 11) is 1.51. The number of hydrogen-bond donors (Lipinski definition) is 2. The first kappa shape index (κ1) is 10.1. The van der Waals surface area contributed by atoms with Crippen molar-refractivity contribution in [3.8, 4) is 5.88 Å². The van der Waals surface area contributed by atoms with Crippen molar-refractivity contribution < 1.29 is 4.74 Å². The Morgan fingerprint density at radius 3 is 2.69 bits per heavy atom. The molecule has 2 heterocycles. The third-order valence-electron chi connectivity index (χ3n) is 1.76. The average molecular weight is 218 g/mol. The monoisotopic (exact) mass is 218 g/mol. The van der Waals surface area contributed by atoms with Gasteiger partial charge in [0.1, 0.15) is 12.1 Å². The molecule has 0 aliphatic carbocycles. The molecule has 0 aliphatic rings. The summed E-state index contributed by atoms with van der Waals surface area (Å²) < 4.78 is 4.97. The van der Waals surface area contributed by atoms with Gasteiger partial charge in [-0.1, -0.05) is 0 Å². The van der Waals surface area contributed by atoms with Crippen LogP contribution >= 0.6 is 0 Å². The molecule has 0 saturated heterocycles. The molecule has 0 bridgehead atoms. The van der Waals surface area contributed by atoms with E-state index in [0.717, 1.165) is 0 Å². The van der Waals surface area contributed by atoms with Crippen LogP contribution in [0.2, 0.25) is 0 Å². The number of nitrogens with zero attached hydrogens (tertiary/aromatic N) is 4. The van der Waals surface area contributed by atoms with Gasteiger partial charge in [0, 0.05) is 6.07 Å². The molecule has 0 fully saturated rings. The van der Waals surface area contributed by atoms with Gasteiger partial charge < -0.3 is 15.8 Å². The molecule has 0 amide bonds. The minimum atomic E-state index is 0.138. The van der Waals surface area contributed by atoms with E-state index in [9.17, 15) is 0 Å². The molecule has 2 aromatic rings. The molecular formula is C9H10N6O. The van der Waals surface area contributed by atoms with E-state index in [-0.39, 0.29) is 5.95 Å². The van der Waals surface area contributed by atoms with Gasteiger partial charge in [0.05, 0.1) is 25.2 Å². The third kappa shape index (κ3) is 2.32. The Bertz CT molecular complexity index is 475. The number of methoxy groups -OCH3 is 1. The smallest absolute Gasteiger partial charge is 0.225 e. The quantitative estimate of drug-likeness (QED) is 0.778. The van der Waals surface area contributed by atoms with Gasteiger partial charge in [-0.25, -0.2) is 9.97 Å². The summed E-state index contributed by atoms with van der Waals surface area (Å²) in [4.78, 5) is 15.6. The first-order chi connectivity index (χ1) is 7.78. The molecule has 2 rings (SSSR count). The van der Waals surface area contributed by atoms with Gasteiger partial charge >= 0.3 is 0 Å². The molecule has 0 saturated carbocycles. The van der Waals surface area contributed by atoms with Crippen molar-refractivity contribution in [1.29, 1.82) is 0 Å². The average Bonchev–Trinajstić information content (AvgIpc) is 2.29. The van der Waals surface area contributed by atoms with Crippen LogP contribution in [0.15, 0.2) is 24.8 Å². The van der Waals surface area contributed by atoms with Crippen LogP contribution in [0.1, 0.15) is 0 Å². The maximum Gasteiger partial charge on any atom is 0.225 e. The zero-order valence-corrected chi connectivity index (χ0v) is 8.58.